The molecule has 0 spiro atoms. The molecule has 2 saturated carbocycles. The van der Waals surface area contributed by atoms with Gasteiger partial charge in [-0.2, -0.15) is 26.3 Å². The Hall–Kier alpha value is -4.97. The summed E-state index contributed by atoms with van der Waals surface area (Å²) >= 11 is 0. The van der Waals surface area contributed by atoms with Crippen LogP contribution in [0, 0.1) is 0 Å². The van der Waals surface area contributed by atoms with Crippen LogP contribution >= 0.6 is 0 Å². The van der Waals surface area contributed by atoms with Crippen molar-refractivity contribution in [3.05, 3.63) is 140 Å². The van der Waals surface area contributed by atoms with E-state index in [1.54, 1.807) is 50.2 Å². The van der Waals surface area contributed by atoms with Crippen LogP contribution in [0.25, 0.3) is 0 Å². The van der Waals surface area contributed by atoms with E-state index in [1.807, 2.05) is 38.1 Å². The Morgan fingerprint density at radius 3 is 1.45 bits per heavy atom. The number of aliphatic hydroxyl groups excluding tert-OH is 1. The molecule has 62 heavy (non-hydrogen) atoms. The zero-order valence-corrected chi connectivity index (χ0v) is 36.1. The number of alkyl halides is 6. The Balaban J connectivity index is 0.000000234. The van der Waals surface area contributed by atoms with Gasteiger partial charge in [-0.05, 0) is 139 Å². The van der Waals surface area contributed by atoms with Crippen LogP contribution in [0.15, 0.2) is 83.1 Å². The van der Waals surface area contributed by atoms with Gasteiger partial charge in [0, 0.05) is 5.56 Å². The molecule has 1 N–H and O–H groups in total. The molecule has 0 aliphatic heterocycles. The largest absolute Gasteiger partial charge is 0.416 e. The molecule has 6 nitrogen and oxygen atoms in total. The molecule has 2 aliphatic carbocycles. The molecule has 6 rings (SSSR count). The molecule has 334 valence electrons. The first kappa shape index (κ1) is 48.1. The molecule has 0 bridgehead atoms. The molecule has 12 heteroatoms. The highest BCUT2D eigenvalue weighted by Crippen LogP contribution is 2.42. The number of halogens is 6. The van der Waals surface area contributed by atoms with Crippen molar-refractivity contribution >= 4 is 17.7 Å². The van der Waals surface area contributed by atoms with E-state index in [9.17, 15) is 36.2 Å². The van der Waals surface area contributed by atoms with Gasteiger partial charge in [0.1, 0.15) is 19.5 Å². The molecule has 0 heterocycles. The molecule has 0 radical (unpaired) electrons. The summed E-state index contributed by atoms with van der Waals surface area (Å²) in [5.74, 6) is -0.0435. The number of nitrogens with zero attached hydrogens (tertiary/aromatic N) is 2. The Labute approximate surface area is 361 Å². The van der Waals surface area contributed by atoms with Gasteiger partial charge < -0.3 is 14.8 Å². The second kappa shape index (κ2) is 22.4. The van der Waals surface area contributed by atoms with E-state index < -0.39 is 23.5 Å². The average Bonchev–Trinajstić information content (AvgIpc) is 3.28. The molecule has 4 aromatic carbocycles. The Morgan fingerprint density at radius 1 is 0.613 bits per heavy atom. The first-order valence-corrected chi connectivity index (χ1v) is 21.7. The van der Waals surface area contributed by atoms with Crippen molar-refractivity contribution in [2.24, 2.45) is 10.3 Å². The van der Waals surface area contributed by atoms with Gasteiger partial charge in [-0.1, -0.05) is 111 Å². The van der Waals surface area contributed by atoms with Gasteiger partial charge in [0.2, 0.25) is 0 Å². The lowest BCUT2D eigenvalue weighted by Crippen LogP contribution is -2.15. The number of hydrogen-bond donors (Lipinski definition) is 1. The van der Waals surface area contributed by atoms with Crippen molar-refractivity contribution in [2.75, 3.05) is 0 Å². The van der Waals surface area contributed by atoms with Crippen LogP contribution in [-0.4, -0.2) is 22.8 Å². The number of oxime groups is 2. The smallest absolute Gasteiger partial charge is 0.392 e. The van der Waals surface area contributed by atoms with Crippen molar-refractivity contribution in [3.63, 3.8) is 0 Å². The molecule has 2 fully saturated rings. The predicted octanol–water partition coefficient (Wildman–Crippen LogP) is 13.8. The maximum absolute atomic E-state index is 13.7. The zero-order chi connectivity index (χ0) is 44.9. The lowest BCUT2D eigenvalue weighted by atomic mass is 9.81. The maximum Gasteiger partial charge on any atom is 0.416 e. The van der Waals surface area contributed by atoms with Gasteiger partial charge in [-0.25, -0.2) is 0 Å². The van der Waals surface area contributed by atoms with E-state index in [0.717, 1.165) is 105 Å². The number of hydrogen-bond acceptors (Lipinski definition) is 6. The van der Waals surface area contributed by atoms with Gasteiger partial charge in [0.05, 0.1) is 29.2 Å². The van der Waals surface area contributed by atoms with Crippen LogP contribution in [0.5, 0.6) is 0 Å². The summed E-state index contributed by atoms with van der Waals surface area (Å²) in [6.07, 6.45) is 2.93. The number of aryl methyl sites for hydroxylation is 2. The summed E-state index contributed by atoms with van der Waals surface area (Å²) in [5.41, 5.74) is 6.95. The highest BCUT2D eigenvalue weighted by Gasteiger charge is 2.37. The topological polar surface area (TPSA) is 80.5 Å². The lowest BCUT2D eigenvalue weighted by molar-refractivity contribution is -0.139. The van der Waals surface area contributed by atoms with Gasteiger partial charge >= 0.3 is 12.4 Å². The van der Waals surface area contributed by atoms with Crippen LogP contribution < -0.4 is 0 Å². The Kier molecular flexibility index (Phi) is 17.4. The fraction of sp³-hybridized carbons (Fsp3) is 0.460. The van der Waals surface area contributed by atoms with E-state index in [1.165, 1.54) is 12.1 Å². The molecule has 0 amide bonds. The van der Waals surface area contributed by atoms with Crippen molar-refractivity contribution in [1.29, 1.82) is 0 Å². The summed E-state index contributed by atoms with van der Waals surface area (Å²) in [5, 5.41) is 17.6. The van der Waals surface area contributed by atoms with E-state index in [2.05, 4.69) is 10.3 Å². The molecule has 0 saturated heterocycles. The SMILES string of the molecule is CCc1cc(/C(C)=N/OCc2ccc(C3CCCCC3)c(C(F)(F)F)c2)ccc1C=O.CCc1cc(/C(C)=N/OCc2ccc(C3CCCCC3)c(C(F)(F)F)c2)ccc1CO. The minimum absolute atomic E-state index is 0.0183. The molecule has 0 unspecified atom stereocenters. The first-order valence-electron chi connectivity index (χ1n) is 21.7. The van der Waals surface area contributed by atoms with Gasteiger partial charge in [-0.3, -0.25) is 4.79 Å². The van der Waals surface area contributed by atoms with Crippen LogP contribution in [0.2, 0.25) is 0 Å². The normalized spacial score (nSPS) is 15.8. The summed E-state index contributed by atoms with van der Waals surface area (Å²) in [6.45, 7) is 7.44. The number of carbonyl (C=O) groups is 1. The van der Waals surface area contributed by atoms with Crippen molar-refractivity contribution in [1.82, 2.24) is 0 Å². The standard InChI is InChI=1S/C25H30F3NO2.C25H28F3NO2/c2*1-3-19-14-21(10-11-22(19)15-30)17(2)29-31-16-18-9-12-23(20-7-5-4-6-8-20)24(13-18)25(26,27)28/h9-14,20,30H,3-8,15-16H2,1-2H3;9-15,20H,3-8,16H2,1-2H3/b2*29-17+. The minimum atomic E-state index is -4.39. The van der Waals surface area contributed by atoms with Crippen LogP contribution in [0.1, 0.15) is 175 Å². The van der Waals surface area contributed by atoms with E-state index in [-0.39, 0.29) is 31.7 Å². The third-order valence-corrected chi connectivity index (χ3v) is 12.0. The lowest BCUT2D eigenvalue weighted by Gasteiger charge is -2.25. The van der Waals surface area contributed by atoms with Crippen LogP contribution in [-0.2, 0) is 54.7 Å². The van der Waals surface area contributed by atoms with Gasteiger partial charge in [0.25, 0.3) is 0 Å². The molecule has 2 aliphatic rings. The molecule has 4 aromatic rings. The van der Waals surface area contributed by atoms with Crippen LogP contribution in [0.3, 0.4) is 0 Å². The third kappa shape index (κ3) is 13.0. The number of carbonyl (C=O) groups excluding carboxylic acids is 1. The van der Waals surface area contributed by atoms with Gasteiger partial charge in [0.15, 0.2) is 0 Å². The van der Waals surface area contributed by atoms with E-state index in [0.29, 0.717) is 45.7 Å². The highest BCUT2D eigenvalue weighted by molar-refractivity contribution is 5.99. The van der Waals surface area contributed by atoms with Crippen LogP contribution in [0.4, 0.5) is 26.3 Å². The third-order valence-electron chi connectivity index (χ3n) is 12.0. The van der Waals surface area contributed by atoms with Crippen molar-refractivity contribution in [2.45, 2.75) is 149 Å². The number of aldehydes is 1. The zero-order valence-electron chi connectivity index (χ0n) is 36.1. The maximum atomic E-state index is 13.7. The Morgan fingerprint density at radius 2 is 1.05 bits per heavy atom. The predicted molar refractivity (Wildman–Crippen MR) is 231 cm³/mol. The summed E-state index contributed by atoms with van der Waals surface area (Å²) in [6, 6.07) is 20.1. The van der Waals surface area contributed by atoms with Crippen molar-refractivity contribution < 1.29 is 45.9 Å². The molecule has 0 aromatic heterocycles. The van der Waals surface area contributed by atoms with E-state index >= 15 is 0 Å². The summed E-state index contributed by atoms with van der Waals surface area (Å²) in [4.78, 5) is 21.8. The second-order valence-corrected chi connectivity index (χ2v) is 16.3. The summed E-state index contributed by atoms with van der Waals surface area (Å²) < 4.78 is 82.2. The fourth-order valence-electron chi connectivity index (χ4n) is 8.52. The number of rotatable bonds is 14. The Bertz CT molecular complexity index is 2170. The molecule has 0 atom stereocenters. The van der Waals surface area contributed by atoms with Crippen molar-refractivity contribution in [3.8, 4) is 0 Å². The average molecular weight is 865 g/mol. The molecular weight excluding hydrogens is 807 g/mol. The minimum Gasteiger partial charge on any atom is -0.392 e. The number of aliphatic hydroxyl groups is 1. The summed E-state index contributed by atoms with van der Waals surface area (Å²) in [7, 11) is 0. The second-order valence-electron chi connectivity index (χ2n) is 16.3. The number of benzene rings is 4. The monoisotopic (exact) mass is 864 g/mol. The fourth-order valence-corrected chi connectivity index (χ4v) is 8.52. The van der Waals surface area contributed by atoms with E-state index in [4.69, 9.17) is 9.68 Å². The molecular formula is C50H58F6N2O4. The first-order chi connectivity index (χ1) is 29.7. The highest BCUT2D eigenvalue weighted by atomic mass is 19.4. The quantitative estimate of drug-likeness (QED) is 0.0593. The van der Waals surface area contributed by atoms with Gasteiger partial charge in [-0.15, -0.1) is 0 Å².